The minimum absolute atomic E-state index is 0.227. The SMILES string of the molecule is Cc1cc(OC(C)C)ccc1NC1CCCN(C)C1. The van der Waals surface area contributed by atoms with E-state index in [1.807, 2.05) is 0 Å². The maximum absolute atomic E-state index is 5.72. The predicted octanol–water partition coefficient (Wildman–Crippen LogP) is 3.29. The Hall–Kier alpha value is -1.22. The molecule has 1 saturated heterocycles. The molecule has 1 N–H and O–H groups in total. The highest BCUT2D eigenvalue weighted by Gasteiger charge is 2.17. The third kappa shape index (κ3) is 4.13. The van der Waals surface area contributed by atoms with Gasteiger partial charge in [-0.3, -0.25) is 0 Å². The van der Waals surface area contributed by atoms with Crippen LogP contribution in [0.25, 0.3) is 0 Å². The smallest absolute Gasteiger partial charge is 0.120 e. The number of aryl methyl sites for hydroxylation is 1. The lowest BCUT2D eigenvalue weighted by molar-refractivity contribution is 0.242. The van der Waals surface area contributed by atoms with Gasteiger partial charge in [0.15, 0.2) is 0 Å². The molecular weight excluding hydrogens is 236 g/mol. The van der Waals surface area contributed by atoms with E-state index in [1.54, 1.807) is 0 Å². The maximum atomic E-state index is 5.72. The van der Waals surface area contributed by atoms with Crippen LogP contribution in [0.3, 0.4) is 0 Å². The van der Waals surface area contributed by atoms with Gasteiger partial charge in [0.05, 0.1) is 6.10 Å². The first-order chi connectivity index (χ1) is 9.04. The zero-order valence-electron chi connectivity index (χ0n) is 12.6. The summed E-state index contributed by atoms with van der Waals surface area (Å²) in [5, 5.41) is 3.66. The van der Waals surface area contributed by atoms with E-state index in [-0.39, 0.29) is 6.10 Å². The minimum Gasteiger partial charge on any atom is -0.491 e. The Kier molecular flexibility index (Phi) is 4.70. The number of rotatable bonds is 4. The molecule has 1 unspecified atom stereocenters. The van der Waals surface area contributed by atoms with Gasteiger partial charge in [-0.05, 0) is 71.0 Å². The fourth-order valence-electron chi connectivity index (χ4n) is 2.65. The van der Waals surface area contributed by atoms with Crippen molar-refractivity contribution in [3.63, 3.8) is 0 Å². The van der Waals surface area contributed by atoms with Crippen molar-refractivity contribution in [2.75, 3.05) is 25.5 Å². The summed E-state index contributed by atoms with van der Waals surface area (Å²) >= 11 is 0. The summed E-state index contributed by atoms with van der Waals surface area (Å²) in [4.78, 5) is 2.40. The van der Waals surface area contributed by atoms with Crippen LogP contribution in [-0.2, 0) is 0 Å². The molecule has 0 amide bonds. The molecule has 3 nitrogen and oxygen atoms in total. The highest BCUT2D eigenvalue weighted by Crippen LogP contribution is 2.24. The number of anilines is 1. The zero-order chi connectivity index (χ0) is 13.8. The summed E-state index contributed by atoms with van der Waals surface area (Å²) in [7, 11) is 2.19. The zero-order valence-corrected chi connectivity index (χ0v) is 12.6. The molecule has 0 aromatic heterocycles. The molecular formula is C16H26N2O. The van der Waals surface area contributed by atoms with Crippen LogP contribution in [-0.4, -0.2) is 37.2 Å². The Balaban J connectivity index is 2.00. The Labute approximate surface area is 116 Å². The number of piperidine rings is 1. The summed E-state index contributed by atoms with van der Waals surface area (Å²) in [5.74, 6) is 0.957. The molecule has 3 heteroatoms. The van der Waals surface area contributed by atoms with E-state index in [0.717, 1.165) is 12.3 Å². The summed E-state index contributed by atoms with van der Waals surface area (Å²) in [5.41, 5.74) is 2.49. The van der Waals surface area contributed by atoms with E-state index >= 15 is 0 Å². The molecule has 106 valence electrons. The maximum Gasteiger partial charge on any atom is 0.120 e. The molecule has 1 aliphatic rings. The number of ether oxygens (including phenoxy) is 1. The lowest BCUT2D eigenvalue weighted by atomic mass is 10.1. The molecule has 0 spiro atoms. The van der Waals surface area contributed by atoms with Crippen molar-refractivity contribution in [2.45, 2.75) is 45.8 Å². The van der Waals surface area contributed by atoms with Gasteiger partial charge < -0.3 is 15.0 Å². The van der Waals surface area contributed by atoms with E-state index in [0.29, 0.717) is 6.04 Å². The number of benzene rings is 1. The first-order valence-corrected chi connectivity index (χ1v) is 7.27. The number of hydrogen-bond donors (Lipinski definition) is 1. The van der Waals surface area contributed by atoms with Crippen LogP contribution in [0.5, 0.6) is 5.75 Å². The average Bonchev–Trinajstić information content (AvgIpc) is 2.32. The molecule has 19 heavy (non-hydrogen) atoms. The third-order valence-electron chi connectivity index (χ3n) is 3.55. The van der Waals surface area contributed by atoms with Crippen molar-refractivity contribution >= 4 is 5.69 Å². The topological polar surface area (TPSA) is 24.5 Å². The van der Waals surface area contributed by atoms with Crippen molar-refractivity contribution in [1.29, 1.82) is 0 Å². The second kappa shape index (κ2) is 6.29. The summed E-state index contributed by atoms with van der Waals surface area (Å²) < 4.78 is 5.72. The van der Waals surface area contributed by atoms with Crippen LogP contribution in [0.15, 0.2) is 18.2 Å². The highest BCUT2D eigenvalue weighted by molar-refractivity contribution is 5.54. The number of hydrogen-bond acceptors (Lipinski definition) is 3. The number of nitrogens with one attached hydrogen (secondary N) is 1. The molecule has 2 rings (SSSR count). The van der Waals surface area contributed by atoms with Crippen LogP contribution in [0.2, 0.25) is 0 Å². The van der Waals surface area contributed by atoms with Gasteiger partial charge in [-0.1, -0.05) is 0 Å². The van der Waals surface area contributed by atoms with E-state index in [2.05, 4.69) is 56.2 Å². The Morgan fingerprint density at radius 3 is 2.79 bits per heavy atom. The Bertz CT molecular complexity index is 417. The molecule has 1 heterocycles. The largest absolute Gasteiger partial charge is 0.491 e. The number of nitrogens with zero attached hydrogens (tertiary/aromatic N) is 1. The van der Waals surface area contributed by atoms with E-state index in [1.165, 1.54) is 30.6 Å². The van der Waals surface area contributed by atoms with Crippen LogP contribution >= 0.6 is 0 Å². The van der Waals surface area contributed by atoms with E-state index in [9.17, 15) is 0 Å². The molecule has 0 aliphatic carbocycles. The van der Waals surface area contributed by atoms with Crippen LogP contribution in [0, 0.1) is 6.92 Å². The fourth-order valence-corrected chi connectivity index (χ4v) is 2.65. The summed E-state index contributed by atoms with van der Waals surface area (Å²) in [6.45, 7) is 8.60. The van der Waals surface area contributed by atoms with E-state index < -0.39 is 0 Å². The average molecular weight is 262 g/mol. The molecule has 1 aromatic carbocycles. The second-order valence-corrected chi connectivity index (χ2v) is 5.89. The number of likely N-dealkylation sites (N-methyl/N-ethyl adjacent to an activating group) is 1. The van der Waals surface area contributed by atoms with Gasteiger partial charge in [-0.25, -0.2) is 0 Å². The van der Waals surface area contributed by atoms with E-state index in [4.69, 9.17) is 4.74 Å². The van der Waals surface area contributed by atoms with Crippen molar-refractivity contribution < 1.29 is 4.74 Å². The molecule has 0 saturated carbocycles. The lowest BCUT2D eigenvalue weighted by Crippen LogP contribution is -2.39. The highest BCUT2D eigenvalue weighted by atomic mass is 16.5. The van der Waals surface area contributed by atoms with Crippen molar-refractivity contribution in [3.05, 3.63) is 23.8 Å². The van der Waals surface area contributed by atoms with Crippen LogP contribution in [0.4, 0.5) is 5.69 Å². The van der Waals surface area contributed by atoms with Gasteiger partial charge in [-0.15, -0.1) is 0 Å². The first kappa shape index (κ1) is 14.2. The van der Waals surface area contributed by atoms with Gasteiger partial charge in [0.1, 0.15) is 5.75 Å². The molecule has 1 aliphatic heterocycles. The fraction of sp³-hybridized carbons (Fsp3) is 0.625. The van der Waals surface area contributed by atoms with Crippen molar-refractivity contribution in [2.24, 2.45) is 0 Å². The van der Waals surface area contributed by atoms with Gasteiger partial charge in [0.2, 0.25) is 0 Å². The van der Waals surface area contributed by atoms with Crippen LogP contribution in [0.1, 0.15) is 32.3 Å². The molecule has 0 bridgehead atoms. The minimum atomic E-state index is 0.227. The standard InChI is InChI=1S/C16H26N2O/c1-12(2)19-15-7-8-16(13(3)10-15)17-14-6-5-9-18(4)11-14/h7-8,10,12,14,17H,5-6,9,11H2,1-4H3. The summed E-state index contributed by atoms with van der Waals surface area (Å²) in [6, 6.07) is 6.88. The predicted molar refractivity (Wildman–Crippen MR) is 81.1 cm³/mol. The Morgan fingerprint density at radius 1 is 1.37 bits per heavy atom. The van der Waals surface area contributed by atoms with Crippen LogP contribution < -0.4 is 10.1 Å². The normalized spacial score (nSPS) is 20.6. The third-order valence-corrected chi connectivity index (χ3v) is 3.55. The Morgan fingerprint density at radius 2 is 2.16 bits per heavy atom. The monoisotopic (exact) mass is 262 g/mol. The molecule has 1 fully saturated rings. The molecule has 0 radical (unpaired) electrons. The lowest BCUT2D eigenvalue weighted by Gasteiger charge is -2.31. The quantitative estimate of drug-likeness (QED) is 0.901. The summed E-state index contributed by atoms with van der Waals surface area (Å²) in [6.07, 6.45) is 2.76. The van der Waals surface area contributed by atoms with Gasteiger partial charge >= 0.3 is 0 Å². The van der Waals surface area contributed by atoms with Crippen molar-refractivity contribution in [3.8, 4) is 5.75 Å². The number of likely N-dealkylation sites (tertiary alicyclic amines) is 1. The second-order valence-electron chi connectivity index (χ2n) is 5.89. The van der Waals surface area contributed by atoms with Crippen molar-refractivity contribution in [1.82, 2.24) is 4.90 Å². The van der Waals surface area contributed by atoms with Gasteiger partial charge in [-0.2, -0.15) is 0 Å². The van der Waals surface area contributed by atoms with Gasteiger partial charge in [0, 0.05) is 18.3 Å². The molecule has 1 atom stereocenters. The first-order valence-electron chi connectivity index (χ1n) is 7.27. The molecule has 1 aromatic rings. The van der Waals surface area contributed by atoms with Gasteiger partial charge in [0.25, 0.3) is 0 Å².